The quantitative estimate of drug-likeness (QED) is 0.645. The largest absolute Gasteiger partial charge is 0.480 e. The standard InChI is InChI=1S/C20H18N2O4S2/c1-19(15-7-3-2-4-8-15)13-20(19,18(23)24)22-28(25,26)17-10-9-16(27-17)14-6-5-11-21-12-14/h2-12,22H,13H2,1H3,(H,23,24)/t19-,20+/m0/s1. The summed E-state index contributed by atoms with van der Waals surface area (Å²) in [6.45, 7) is 1.77. The zero-order valence-corrected chi connectivity index (χ0v) is 16.6. The van der Waals surface area contributed by atoms with Crippen molar-refractivity contribution in [3.8, 4) is 10.4 Å². The van der Waals surface area contributed by atoms with Gasteiger partial charge in [-0.05, 0) is 30.2 Å². The van der Waals surface area contributed by atoms with E-state index in [1.54, 1.807) is 31.5 Å². The molecule has 1 fully saturated rings. The van der Waals surface area contributed by atoms with E-state index in [9.17, 15) is 18.3 Å². The van der Waals surface area contributed by atoms with Gasteiger partial charge in [-0.1, -0.05) is 43.3 Å². The molecule has 8 heteroatoms. The van der Waals surface area contributed by atoms with Crippen LogP contribution in [-0.2, 0) is 20.2 Å². The molecule has 28 heavy (non-hydrogen) atoms. The third-order valence-corrected chi connectivity index (χ3v) is 8.43. The number of thiophene rings is 1. The van der Waals surface area contributed by atoms with Crippen LogP contribution in [0.1, 0.15) is 18.9 Å². The number of carbonyl (C=O) groups is 1. The van der Waals surface area contributed by atoms with E-state index >= 15 is 0 Å². The topological polar surface area (TPSA) is 96.4 Å². The molecule has 2 N–H and O–H groups in total. The maximum Gasteiger partial charge on any atom is 0.325 e. The second kappa shape index (κ2) is 6.51. The molecule has 0 bridgehead atoms. The van der Waals surface area contributed by atoms with Gasteiger partial charge >= 0.3 is 5.97 Å². The molecule has 0 radical (unpaired) electrons. The predicted molar refractivity (Wildman–Crippen MR) is 107 cm³/mol. The number of hydrogen-bond donors (Lipinski definition) is 2. The molecular weight excluding hydrogens is 396 g/mol. The molecule has 1 aliphatic rings. The molecule has 2 aromatic heterocycles. The van der Waals surface area contributed by atoms with Gasteiger partial charge in [0.15, 0.2) is 0 Å². The van der Waals surface area contributed by atoms with E-state index in [1.807, 2.05) is 36.4 Å². The zero-order valence-electron chi connectivity index (χ0n) is 15.0. The molecule has 1 aliphatic carbocycles. The van der Waals surface area contributed by atoms with Crippen LogP contribution in [-0.4, -0.2) is 30.0 Å². The first kappa shape index (κ1) is 18.8. The molecule has 2 atom stereocenters. The Balaban J connectivity index is 1.66. The Morgan fingerprint density at radius 1 is 1.14 bits per heavy atom. The number of pyridine rings is 1. The second-order valence-corrected chi connectivity index (χ2v) is 10.0. The summed E-state index contributed by atoms with van der Waals surface area (Å²) in [6, 6.07) is 15.9. The van der Waals surface area contributed by atoms with Gasteiger partial charge in [-0.25, -0.2) is 8.42 Å². The van der Waals surface area contributed by atoms with Crippen molar-refractivity contribution in [2.75, 3.05) is 0 Å². The summed E-state index contributed by atoms with van der Waals surface area (Å²) in [6.07, 6.45) is 3.49. The van der Waals surface area contributed by atoms with Gasteiger partial charge in [-0.3, -0.25) is 9.78 Å². The number of sulfonamides is 1. The lowest BCUT2D eigenvalue weighted by Crippen LogP contribution is -2.47. The lowest BCUT2D eigenvalue weighted by atomic mass is 9.93. The van der Waals surface area contributed by atoms with Crippen LogP contribution in [0.4, 0.5) is 0 Å². The third kappa shape index (κ3) is 2.94. The summed E-state index contributed by atoms with van der Waals surface area (Å²) in [5, 5.41) is 9.86. The fourth-order valence-corrected chi connectivity index (χ4v) is 6.30. The Hall–Kier alpha value is -2.55. The van der Waals surface area contributed by atoms with Crippen LogP contribution in [0, 0.1) is 0 Å². The van der Waals surface area contributed by atoms with Crippen LogP contribution < -0.4 is 4.72 Å². The number of rotatable bonds is 6. The van der Waals surface area contributed by atoms with Crippen molar-refractivity contribution in [1.82, 2.24) is 9.71 Å². The van der Waals surface area contributed by atoms with Gasteiger partial charge in [0.25, 0.3) is 10.0 Å². The normalized spacial score (nSPS) is 24.0. The highest BCUT2D eigenvalue weighted by Crippen LogP contribution is 2.58. The summed E-state index contributed by atoms with van der Waals surface area (Å²) in [7, 11) is -4.00. The SMILES string of the molecule is C[C@@]1(c2ccccc2)C[C@@]1(NS(=O)(=O)c1ccc(-c2cccnc2)s1)C(=O)O. The van der Waals surface area contributed by atoms with E-state index in [2.05, 4.69) is 9.71 Å². The third-order valence-electron chi connectivity index (χ3n) is 5.31. The molecule has 1 aromatic carbocycles. The molecule has 3 aromatic rings. The van der Waals surface area contributed by atoms with Crippen LogP contribution in [0.15, 0.2) is 71.2 Å². The Morgan fingerprint density at radius 3 is 2.54 bits per heavy atom. The van der Waals surface area contributed by atoms with E-state index in [4.69, 9.17) is 0 Å². The number of carboxylic acid groups (broad SMARTS) is 1. The summed E-state index contributed by atoms with van der Waals surface area (Å²) in [5.41, 5.74) is -0.771. The smallest absolute Gasteiger partial charge is 0.325 e. The molecule has 0 aliphatic heterocycles. The summed E-state index contributed by atoms with van der Waals surface area (Å²) >= 11 is 1.09. The minimum Gasteiger partial charge on any atom is -0.480 e. The maximum atomic E-state index is 13.0. The zero-order chi connectivity index (χ0) is 20.0. The van der Waals surface area contributed by atoms with Gasteiger partial charge in [-0.15, -0.1) is 11.3 Å². The van der Waals surface area contributed by atoms with Crippen LogP contribution in [0.5, 0.6) is 0 Å². The van der Waals surface area contributed by atoms with Crippen molar-refractivity contribution in [2.45, 2.75) is 28.5 Å². The van der Waals surface area contributed by atoms with Crippen molar-refractivity contribution in [2.24, 2.45) is 0 Å². The second-order valence-electron chi connectivity index (χ2n) is 7.05. The van der Waals surface area contributed by atoms with Crippen molar-refractivity contribution in [3.63, 3.8) is 0 Å². The van der Waals surface area contributed by atoms with Crippen molar-refractivity contribution >= 4 is 27.3 Å². The van der Waals surface area contributed by atoms with E-state index in [0.29, 0.717) is 0 Å². The lowest BCUT2D eigenvalue weighted by molar-refractivity contribution is -0.140. The Labute approximate surface area is 166 Å². The first-order valence-corrected chi connectivity index (χ1v) is 10.9. The van der Waals surface area contributed by atoms with Gasteiger partial charge in [0.1, 0.15) is 9.75 Å². The van der Waals surface area contributed by atoms with Crippen LogP contribution >= 0.6 is 11.3 Å². The molecule has 6 nitrogen and oxygen atoms in total. The van der Waals surface area contributed by atoms with Crippen LogP contribution in [0.3, 0.4) is 0 Å². The number of benzene rings is 1. The highest BCUT2D eigenvalue weighted by atomic mass is 32.2. The predicted octanol–water partition coefficient (Wildman–Crippen LogP) is 3.27. The summed E-state index contributed by atoms with van der Waals surface area (Å²) < 4.78 is 28.5. The summed E-state index contributed by atoms with van der Waals surface area (Å²) in [4.78, 5) is 16.9. The number of aromatic nitrogens is 1. The minimum atomic E-state index is -4.00. The van der Waals surface area contributed by atoms with Crippen LogP contribution in [0.25, 0.3) is 10.4 Å². The average Bonchev–Trinajstić information content (AvgIpc) is 3.06. The number of hydrogen-bond acceptors (Lipinski definition) is 5. The maximum absolute atomic E-state index is 13.0. The highest BCUT2D eigenvalue weighted by molar-refractivity contribution is 7.91. The molecule has 144 valence electrons. The fourth-order valence-electron chi connectivity index (χ4n) is 3.55. The number of carboxylic acids is 1. The lowest BCUT2D eigenvalue weighted by Gasteiger charge is -2.20. The molecule has 1 saturated carbocycles. The minimum absolute atomic E-state index is 0.0780. The number of nitrogens with zero attached hydrogens (tertiary/aromatic N) is 1. The van der Waals surface area contributed by atoms with E-state index < -0.39 is 26.9 Å². The monoisotopic (exact) mass is 414 g/mol. The Bertz CT molecular complexity index is 1130. The van der Waals surface area contributed by atoms with Gasteiger partial charge < -0.3 is 5.11 Å². The van der Waals surface area contributed by atoms with E-state index in [1.165, 1.54) is 6.07 Å². The van der Waals surface area contributed by atoms with Gasteiger partial charge in [0.05, 0.1) is 0 Å². The highest BCUT2D eigenvalue weighted by Gasteiger charge is 2.72. The summed E-state index contributed by atoms with van der Waals surface area (Å²) in [5.74, 6) is -1.17. The Kier molecular flexibility index (Phi) is 4.37. The number of aliphatic carboxylic acids is 1. The molecule has 4 rings (SSSR count). The Morgan fingerprint density at radius 2 is 1.89 bits per heavy atom. The molecular formula is C20H18N2O4S2. The van der Waals surface area contributed by atoms with Crippen molar-refractivity contribution < 1.29 is 18.3 Å². The molecule has 0 amide bonds. The average molecular weight is 415 g/mol. The van der Waals surface area contributed by atoms with E-state index in [-0.39, 0.29) is 10.6 Å². The van der Waals surface area contributed by atoms with Crippen molar-refractivity contribution in [1.29, 1.82) is 0 Å². The van der Waals surface area contributed by atoms with Gasteiger partial charge in [0, 0.05) is 28.2 Å². The first-order valence-electron chi connectivity index (χ1n) is 8.62. The first-order chi connectivity index (χ1) is 13.3. The fraction of sp³-hybridized carbons (Fsp3) is 0.200. The molecule has 0 saturated heterocycles. The van der Waals surface area contributed by atoms with Crippen LogP contribution in [0.2, 0.25) is 0 Å². The molecule has 2 heterocycles. The molecule has 0 unspecified atom stereocenters. The van der Waals surface area contributed by atoms with Crippen molar-refractivity contribution in [3.05, 3.63) is 72.6 Å². The van der Waals surface area contributed by atoms with E-state index in [0.717, 1.165) is 27.3 Å². The number of nitrogens with one attached hydrogen (secondary N) is 1. The molecule has 0 spiro atoms. The van der Waals surface area contributed by atoms with Gasteiger partial charge in [0.2, 0.25) is 0 Å². The van der Waals surface area contributed by atoms with Gasteiger partial charge in [-0.2, -0.15) is 4.72 Å².